The molecular formula is C11H16O2S. The van der Waals surface area contributed by atoms with Gasteiger partial charge in [0, 0.05) is 5.25 Å². The molecule has 2 rings (SSSR count). The third-order valence-corrected chi connectivity index (χ3v) is 4.22. The van der Waals surface area contributed by atoms with Gasteiger partial charge in [0.05, 0.1) is 18.1 Å². The number of aliphatic hydroxyl groups is 1. The minimum absolute atomic E-state index is 0.102. The summed E-state index contributed by atoms with van der Waals surface area (Å²) in [6.45, 7) is 2.06. The Morgan fingerprint density at radius 2 is 2.43 bits per heavy atom. The molecule has 1 heterocycles. The Morgan fingerprint density at radius 1 is 1.57 bits per heavy atom. The first-order valence-electron chi connectivity index (χ1n) is 5.10. The number of rotatable bonds is 3. The van der Waals surface area contributed by atoms with E-state index in [1.54, 1.807) is 6.26 Å². The molecule has 3 heteroatoms. The van der Waals surface area contributed by atoms with Gasteiger partial charge in [-0.25, -0.2) is 0 Å². The molecule has 1 N–H and O–H groups in total. The predicted octanol–water partition coefficient (Wildman–Crippen LogP) is 2.73. The summed E-state index contributed by atoms with van der Waals surface area (Å²) in [5, 5.41) is 10.1. The van der Waals surface area contributed by atoms with Crippen LogP contribution in [0.15, 0.2) is 16.7 Å². The highest BCUT2D eigenvalue weighted by molar-refractivity contribution is 7.99. The second-order valence-corrected chi connectivity index (χ2v) is 5.10. The molecule has 78 valence electrons. The Kier molecular flexibility index (Phi) is 3.19. The molecule has 1 aromatic rings. The highest BCUT2D eigenvalue weighted by Gasteiger charge is 2.25. The van der Waals surface area contributed by atoms with Crippen molar-refractivity contribution in [3.63, 3.8) is 0 Å². The molecule has 0 saturated heterocycles. The number of thioether (sulfide) groups is 1. The van der Waals surface area contributed by atoms with Crippen molar-refractivity contribution in [3.05, 3.63) is 23.7 Å². The smallest absolute Gasteiger partial charge is 0.116 e. The molecular weight excluding hydrogens is 196 g/mol. The second kappa shape index (κ2) is 4.41. The van der Waals surface area contributed by atoms with Gasteiger partial charge in [0.2, 0.25) is 0 Å². The van der Waals surface area contributed by atoms with Crippen molar-refractivity contribution in [2.24, 2.45) is 0 Å². The van der Waals surface area contributed by atoms with Crippen LogP contribution in [0.5, 0.6) is 0 Å². The third kappa shape index (κ3) is 2.15. The van der Waals surface area contributed by atoms with Crippen LogP contribution < -0.4 is 0 Å². The van der Waals surface area contributed by atoms with Crippen LogP contribution in [-0.4, -0.2) is 16.5 Å². The van der Waals surface area contributed by atoms with Gasteiger partial charge in [-0.3, -0.25) is 0 Å². The fourth-order valence-electron chi connectivity index (χ4n) is 1.84. The molecule has 1 aliphatic rings. The quantitative estimate of drug-likeness (QED) is 0.836. The minimum Gasteiger partial charge on any atom is -0.468 e. The summed E-state index contributed by atoms with van der Waals surface area (Å²) < 4.78 is 5.36. The molecule has 1 saturated carbocycles. The van der Waals surface area contributed by atoms with Gasteiger partial charge in [-0.05, 0) is 37.8 Å². The first kappa shape index (κ1) is 10.1. The molecule has 0 spiro atoms. The lowest BCUT2D eigenvalue weighted by Crippen LogP contribution is -2.15. The van der Waals surface area contributed by atoms with E-state index in [4.69, 9.17) is 4.42 Å². The molecule has 0 amide bonds. The van der Waals surface area contributed by atoms with Gasteiger partial charge in [-0.2, -0.15) is 0 Å². The van der Waals surface area contributed by atoms with Crippen molar-refractivity contribution >= 4 is 11.8 Å². The monoisotopic (exact) mass is 212 g/mol. The fourth-order valence-corrected chi connectivity index (χ4v) is 3.19. The van der Waals surface area contributed by atoms with Crippen LogP contribution in [0, 0.1) is 6.92 Å². The summed E-state index contributed by atoms with van der Waals surface area (Å²) in [6, 6.07) is 1.99. The summed E-state index contributed by atoms with van der Waals surface area (Å²) in [4.78, 5) is 0. The van der Waals surface area contributed by atoms with Gasteiger partial charge in [0.25, 0.3) is 0 Å². The fraction of sp³-hybridized carbons (Fsp3) is 0.636. The van der Waals surface area contributed by atoms with Crippen LogP contribution in [0.2, 0.25) is 0 Å². The second-order valence-electron chi connectivity index (χ2n) is 3.87. The van der Waals surface area contributed by atoms with E-state index in [-0.39, 0.29) is 6.10 Å². The molecule has 0 aliphatic heterocycles. The van der Waals surface area contributed by atoms with E-state index in [1.165, 1.54) is 5.56 Å². The van der Waals surface area contributed by atoms with Crippen molar-refractivity contribution in [3.8, 4) is 0 Å². The zero-order valence-electron chi connectivity index (χ0n) is 8.40. The van der Waals surface area contributed by atoms with E-state index in [9.17, 15) is 5.11 Å². The van der Waals surface area contributed by atoms with Crippen LogP contribution in [0.1, 0.15) is 30.6 Å². The molecule has 1 aromatic heterocycles. The maximum absolute atomic E-state index is 9.64. The van der Waals surface area contributed by atoms with E-state index in [0.29, 0.717) is 5.25 Å². The highest BCUT2D eigenvalue weighted by atomic mass is 32.2. The van der Waals surface area contributed by atoms with Crippen LogP contribution in [0.25, 0.3) is 0 Å². The number of hydrogen-bond acceptors (Lipinski definition) is 3. The van der Waals surface area contributed by atoms with Gasteiger partial charge in [0.1, 0.15) is 5.76 Å². The third-order valence-electron chi connectivity index (χ3n) is 2.81. The van der Waals surface area contributed by atoms with Crippen molar-refractivity contribution in [1.29, 1.82) is 0 Å². The molecule has 2 atom stereocenters. The van der Waals surface area contributed by atoms with Crippen molar-refractivity contribution in [2.75, 3.05) is 0 Å². The Bertz CT molecular complexity index is 295. The van der Waals surface area contributed by atoms with Crippen LogP contribution in [0.3, 0.4) is 0 Å². The van der Waals surface area contributed by atoms with E-state index < -0.39 is 0 Å². The first-order chi connectivity index (χ1) is 6.77. The van der Waals surface area contributed by atoms with E-state index in [0.717, 1.165) is 30.8 Å². The zero-order chi connectivity index (χ0) is 9.97. The van der Waals surface area contributed by atoms with Crippen LogP contribution in [-0.2, 0) is 5.75 Å². The van der Waals surface area contributed by atoms with Gasteiger partial charge in [-0.15, -0.1) is 11.8 Å². The van der Waals surface area contributed by atoms with Crippen molar-refractivity contribution in [1.82, 2.24) is 0 Å². The van der Waals surface area contributed by atoms with E-state index in [1.807, 2.05) is 17.8 Å². The van der Waals surface area contributed by atoms with E-state index in [2.05, 4.69) is 6.92 Å². The molecule has 2 nitrogen and oxygen atoms in total. The summed E-state index contributed by atoms with van der Waals surface area (Å²) in [6.07, 6.45) is 4.91. The molecule has 1 fully saturated rings. The Hall–Kier alpha value is -0.410. The first-order valence-corrected chi connectivity index (χ1v) is 6.15. The average molecular weight is 212 g/mol. The van der Waals surface area contributed by atoms with Gasteiger partial charge in [0.15, 0.2) is 0 Å². The Labute approximate surface area is 88.7 Å². The maximum atomic E-state index is 9.64. The lowest BCUT2D eigenvalue weighted by molar-refractivity contribution is 0.188. The number of furan rings is 1. The summed E-state index contributed by atoms with van der Waals surface area (Å²) >= 11 is 1.82. The molecule has 2 unspecified atom stereocenters. The predicted molar refractivity (Wildman–Crippen MR) is 58.4 cm³/mol. The Balaban J connectivity index is 1.85. The van der Waals surface area contributed by atoms with Crippen molar-refractivity contribution < 1.29 is 9.52 Å². The topological polar surface area (TPSA) is 33.4 Å². The lowest BCUT2D eigenvalue weighted by atomic mass is 10.3. The number of aryl methyl sites for hydroxylation is 1. The molecule has 0 radical (unpaired) electrons. The molecule has 1 aliphatic carbocycles. The van der Waals surface area contributed by atoms with E-state index >= 15 is 0 Å². The SMILES string of the molecule is Cc1ccoc1CSC1CCCC1O. The minimum atomic E-state index is -0.102. The van der Waals surface area contributed by atoms with Gasteiger partial charge >= 0.3 is 0 Å². The average Bonchev–Trinajstić information content (AvgIpc) is 2.72. The normalized spacial score (nSPS) is 27.0. The zero-order valence-corrected chi connectivity index (χ0v) is 9.22. The summed E-state index contributed by atoms with van der Waals surface area (Å²) in [7, 11) is 0. The van der Waals surface area contributed by atoms with Crippen LogP contribution in [0.4, 0.5) is 0 Å². The molecule has 14 heavy (non-hydrogen) atoms. The maximum Gasteiger partial charge on any atom is 0.116 e. The lowest BCUT2D eigenvalue weighted by Gasteiger charge is -2.12. The largest absolute Gasteiger partial charge is 0.468 e. The standard InChI is InChI=1S/C11H16O2S/c1-8-5-6-13-10(8)7-14-11-4-2-3-9(11)12/h5-6,9,11-12H,2-4,7H2,1H3. The van der Waals surface area contributed by atoms with Gasteiger partial charge < -0.3 is 9.52 Å². The summed E-state index contributed by atoms with van der Waals surface area (Å²) in [5.74, 6) is 1.94. The Morgan fingerprint density at radius 3 is 3.00 bits per heavy atom. The molecule has 0 bridgehead atoms. The number of hydrogen-bond donors (Lipinski definition) is 1. The highest BCUT2D eigenvalue weighted by Crippen LogP contribution is 2.32. The molecule has 0 aromatic carbocycles. The summed E-state index contributed by atoms with van der Waals surface area (Å²) in [5.41, 5.74) is 1.21. The number of aliphatic hydroxyl groups excluding tert-OH is 1. The van der Waals surface area contributed by atoms with Crippen molar-refractivity contribution in [2.45, 2.75) is 43.3 Å². The van der Waals surface area contributed by atoms with Gasteiger partial charge in [-0.1, -0.05) is 0 Å². The van der Waals surface area contributed by atoms with Crippen LogP contribution >= 0.6 is 11.8 Å².